The van der Waals surface area contributed by atoms with Gasteiger partial charge in [0.05, 0.1) is 4.88 Å². The first-order valence-electron chi connectivity index (χ1n) is 4.41. The molecule has 0 amide bonds. The van der Waals surface area contributed by atoms with E-state index in [1.807, 2.05) is 11.4 Å². The van der Waals surface area contributed by atoms with Crippen molar-refractivity contribution in [1.82, 2.24) is 0 Å². The van der Waals surface area contributed by atoms with Gasteiger partial charge in [0.2, 0.25) is 5.78 Å². The summed E-state index contributed by atoms with van der Waals surface area (Å²) in [7, 11) is 0. The van der Waals surface area contributed by atoms with Gasteiger partial charge < -0.3 is 11.5 Å². The van der Waals surface area contributed by atoms with Gasteiger partial charge in [0, 0.05) is 16.9 Å². The molecule has 15 heavy (non-hydrogen) atoms. The van der Waals surface area contributed by atoms with Crippen LogP contribution in [0.1, 0.15) is 15.2 Å². The van der Waals surface area contributed by atoms with Gasteiger partial charge in [-0.1, -0.05) is 6.07 Å². The van der Waals surface area contributed by atoms with Crippen LogP contribution < -0.4 is 11.5 Å². The molecule has 0 spiro atoms. The molecule has 1 aromatic carbocycles. The Kier molecular flexibility index (Phi) is 2.43. The molecule has 76 valence electrons. The van der Waals surface area contributed by atoms with E-state index >= 15 is 0 Å². The average molecular weight is 218 g/mol. The molecule has 2 rings (SSSR count). The SMILES string of the molecule is Nc1cc(N)cc(C(=O)c2cccs2)c1. The summed E-state index contributed by atoms with van der Waals surface area (Å²) in [6.45, 7) is 0. The lowest BCUT2D eigenvalue weighted by molar-refractivity contribution is 0.104. The van der Waals surface area contributed by atoms with Crippen molar-refractivity contribution in [3.8, 4) is 0 Å². The smallest absolute Gasteiger partial charge is 0.203 e. The van der Waals surface area contributed by atoms with Gasteiger partial charge in [-0.2, -0.15) is 0 Å². The number of hydrogen-bond donors (Lipinski definition) is 2. The van der Waals surface area contributed by atoms with Crippen LogP contribution in [0.15, 0.2) is 35.7 Å². The van der Waals surface area contributed by atoms with Crippen molar-refractivity contribution >= 4 is 28.5 Å². The fraction of sp³-hybridized carbons (Fsp3) is 0. The van der Waals surface area contributed by atoms with Gasteiger partial charge in [-0.25, -0.2) is 0 Å². The Morgan fingerprint density at radius 1 is 1.13 bits per heavy atom. The highest BCUT2D eigenvalue weighted by Crippen LogP contribution is 2.19. The third kappa shape index (κ3) is 1.99. The number of anilines is 2. The van der Waals surface area contributed by atoms with Gasteiger partial charge >= 0.3 is 0 Å². The molecule has 0 atom stereocenters. The molecule has 0 bridgehead atoms. The molecule has 0 saturated heterocycles. The summed E-state index contributed by atoms with van der Waals surface area (Å²) >= 11 is 1.41. The Hall–Kier alpha value is -1.81. The van der Waals surface area contributed by atoms with Gasteiger partial charge in [-0.3, -0.25) is 4.79 Å². The molecule has 0 aliphatic carbocycles. The van der Waals surface area contributed by atoms with E-state index in [2.05, 4.69) is 0 Å². The van der Waals surface area contributed by atoms with Crippen LogP contribution in [0, 0.1) is 0 Å². The molecule has 1 aromatic heterocycles. The first kappa shape index (κ1) is 9.73. The maximum Gasteiger partial charge on any atom is 0.203 e. The Balaban J connectivity index is 2.42. The normalized spacial score (nSPS) is 10.1. The first-order valence-corrected chi connectivity index (χ1v) is 5.29. The van der Waals surface area contributed by atoms with Gasteiger partial charge in [0.1, 0.15) is 0 Å². The lowest BCUT2D eigenvalue weighted by Crippen LogP contribution is -2.01. The van der Waals surface area contributed by atoms with E-state index in [1.54, 1.807) is 24.3 Å². The molecule has 0 unspecified atom stereocenters. The topological polar surface area (TPSA) is 69.1 Å². The molecule has 0 radical (unpaired) electrons. The van der Waals surface area contributed by atoms with Crippen LogP contribution in [0.3, 0.4) is 0 Å². The minimum Gasteiger partial charge on any atom is -0.399 e. The highest BCUT2D eigenvalue weighted by Gasteiger charge is 2.10. The summed E-state index contributed by atoms with van der Waals surface area (Å²) in [4.78, 5) is 12.6. The van der Waals surface area contributed by atoms with Crippen LogP contribution in [-0.2, 0) is 0 Å². The van der Waals surface area contributed by atoms with E-state index < -0.39 is 0 Å². The molecule has 0 aliphatic heterocycles. The maximum absolute atomic E-state index is 11.9. The molecule has 2 aromatic rings. The number of carbonyl (C=O) groups excluding carboxylic acids is 1. The first-order chi connectivity index (χ1) is 7.16. The number of nitrogens with two attached hydrogens (primary N) is 2. The Labute approximate surface area is 91.3 Å². The van der Waals surface area contributed by atoms with Crippen molar-refractivity contribution in [2.24, 2.45) is 0 Å². The van der Waals surface area contributed by atoms with E-state index in [4.69, 9.17) is 11.5 Å². The average Bonchev–Trinajstić information content (AvgIpc) is 2.67. The van der Waals surface area contributed by atoms with Gasteiger partial charge in [0.15, 0.2) is 0 Å². The van der Waals surface area contributed by atoms with E-state index in [0.717, 1.165) is 0 Å². The fourth-order valence-electron chi connectivity index (χ4n) is 1.36. The van der Waals surface area contributed by atoms with Crippen LogP contribution in [0.25, 0.3) is 0 Å². The van der Waals surface area contributed by atoms with E-state index in [0.29, 0.717) is 21.8 Å². The zero-order valence-corrected chi connectivity index (χ0v) is 8.75. The largest absolute Gasteiger partial charge is 0.399 e. The van der Waals surface area contributed by atoms with Crippen LogP contribution in [0.2, 0.25) is 0 Å². The van der Waals surface area contributed by atoms with Gasteiger partial charge in [-0.15, -0.1) is 11.3 Å². The van der Waals surface area contributed by atoms with E-state index in [-0.39, 0.29) is 5.78 Å². The van der Waals surface area contributed by atoms with Crippen LogP contribution in [0.4, 0.5) is 11.4 Å². The number of carbonyl (C=O) groups is 1. The molecule has 4 heteroatoms. The number of rotatable bonds is 2. The minimum absolute atomic E-state index is 0.0380. The summed E-state index contributed by atoms with van der Waals surface area (Å²) in [5, 5.41) is 1.86. The second-order valence-electron chi connectivity index (χ2n) is 3.19. The van der Waals surface area contributed by atoms with Crippen LogP contribution in [-0.4, -0.2) is 5.78 Å². The molecule has 4 N–H and O–H groups in total. The van der Waals surface area contributed by atoms with Gasteiger partial charge in [0.25, 0.3) is 0 Å². The molecule has 0 fully saturated rings. The standard InChI is InChI=1S/C11H10N2OS/c12-8-4-7(5-9(13)6-8)11(14)10-2-1-3-15-10/h1-6H,12-13H2. The zero-order valence-electron chi connectivity index (χ0n) is 7.94. The Morgan fingerprint density at radius 2 is 1.80 bits per heavy atom. The van der Waals surface area contributed by atoms with Crippen molar-refractivity contribution in [2.45, 2.75) is 0 Å². The summed E-state index contributed by atoms with van der Waals surface area (Å²) < 4.78 is 0. The highest BCUT2D eigenvalue weighted by atomic mass is 32.1. The lowest BCUT2D eigenvalue weighted by Gasteiger charge is -2.02. The number of hydrogen-bond acceptors (Lipinski definition) is 4. The summed E-state index contributed by atoms with van der Waals surface area (Å²) in [5.41, 5.74) is 12.8. The van der Waals surface area contributed by atoms with Gasteiger partial charge in [-0.05, 0) is 29.6 Å². The molecular formula is C11H10N2OS. The predicted octanol–water partition coefficient (Wildman–Crippen LogP) is 2.14. The third-order valence-corrected chi connectivity index (χ3v) is 2.85. The molecule has 3 nitrogen and oxygen atoms in total. The maximum atomic E-state index is 11.9. The molecule has 0 saturated carbocycles. The number of benzene rings is 1. The summed E-state index contributed by atoms with van der Waals surface area (Å²) in [6, 6.07) is 8.53. The summed E-state index contributed by atoms with van der Waals surface area (Å²) in [6.07, 6.45) is 0. The van der Waals surface area contributed by atoms with Crippen LogP contribution in [0.5, 0.6) is 0 Å². The minimum atomic E-state index is -0.0380. The number of thiophene rings is 1. The van der Waals surface area contributed by atoms with Crippen molar-refractivity contribution in [3.05, 3.63) is 46.2 Å². The predicted molar refractivity (Wildman–Crippen MR) is 63.0 cm³/mol. The van der Waals surface area contributed by atoms with Crippen molar-refractivity contribution in [1.29, 1.82) is 0 Å². The fourth-order valence-corrected chi connectivity index (χ4v) is 2.04. The second-order valence-corrected chi connectivity index (χ2v) is 4.14. The molecular weight excluding hydrogens is 208 g/mol. The van der Waals surface area contributed by atoms with Crippen molar-refractivity contribution in [3.63, 3.8) is 0 Å². The second kappa shape index (κ2) is 3.74. The highest BCUT2D eigenvalue weighted by molar-refractivity contribution is 7.12. The molecule has 1 heterocycles. The monoisotopic (exact) mass is 218 g/mol. The lowest BCUT2D eigenvalue weighted by atomic mass is 10.1. The number of nitrogen functional groups attached to an aromatic ring is 2. The third-order valence-electron chi connectivity index (χ3n) is 1.98. The quantitative estimate of drug-likeness (QED) is 0.599. The van der Waals surface area contributed by atoms with Crippen molar-refractivity contribution in [2.75, 3.05) is 11.5 Å². The van der Waals surface area contributed by atoms with Crippen LogP contribution >= 0.6 is 11.3 Å². The Morgan fingerprint density at radius 3 is 2.33 bits per heavy atom. The summed E-state index contributed by atoms with van der Waals surface area (Å²) in [5.74, 6) is -0.0380. The van der Waals surface area contributed by atoms with Crippen molar-refractivity contribution < 1.29 is 4.79 Å². The molecule has 0 aliphatic rings. The zero-order chi connectivity index (χ0) is 10.8. The number of ketones is 1. The van der Waals surface area contributed by atoms with E-state index in [1.165, 1.54) is 11.3 Å². The van der Waals surface area contributed by atoms with E-state index in [9.17, 15) is 4.79 Å². The Bertz CT molecular complexity index is 471.